The van der Waals surface area contributed by atoms with Gasteiger partial charge in [-0.05, 0) is 25.5 Å². The monoisotopic (exact) mass is 346 g/mol. The van der Waals surface area contributed by atoms with Crippen molar-refractivity contribution in [1.82, 2.24) is 4.90 Å². The topological polar surface area (TPSA) is 66.9 Å². The lowest BCUT2D eigenvalue weighted by Gasteiger charge is -2.22. The highest BCUT2D eigenvalue weighted by atomic mass is 16.5. The quantitative estimate of drug-likeness (QED) is 0.712. The van der Waals surface area contributed by atoms with Gasteiger partial charge in [0.05, 0.1) is 23.8 Å². The first-order valence-electron chi connectivity index (χ1n) is 8.81. The van der Waals surface area contributed by atoms with Gasteiger partial charge in [-0.1, -0.05) is 25.5 Å². The van der Waals surface area contributed by atoms with Gasteiger partial charge in [-0.15, -0.1) is 0 Å². The number of para-hydroxylation sites is 1. The first-order valence-corrected chi connectivity index (χ1v) is 8.81. The predicted molar refractivity (Wildman–Crippen MR) is 95.4 cm³/mol. The second-order valence-electron chi connectivity index (χ2n) is 6.26. The van der Waals surface area contributed by atoms with E-state index in [0.29, 0.717) is 24.3 Å². The summed E-state index contributed by atoms with van der Waals surface area (Å²) < 4.78 is 5.07. The first kappa shape index (κ1) is 19.0. The molecule has 25 heavy (non-hydrogen) atoms. The fourth-order valence-corrected chi connectivity index (χ4v) is 3.01. The lowest BCUT2D eigenvalue weighted by molar-refractivity contribution is -0.134. The Morgan fingerprint density at radius 2 is 2.00 bits per heavy atom. The normalized spacial score (nSPS) is 16.8. The molecule has 0 bridgehead atoms. The fourth-order valence-electron chi connectivity index (χ4n) is 3.01. The third-order valence-electron chi connectivity index (χ3n) is 4.39. The predicted octanol–water partition coefficient (Wildman–Crippen LogP) is 2.47. The Kier molecular flexibility index (Phi) is 6.56. The second-order valence-corrected chi connectivity index (χ2v) is 6.26. The zero-order chi connectivity index (χ0) is 18.4. The molecule has 0 radical (unpaired) electrons. The first-order chi connectivity index (χ1) is 12.0. The molecule has 1 aromatic carbocycles. The molecule has 6 heteroatoms. The van der Waals surface area contributed by atoms with Gasteiger partial charge in [0.25, 0.3) is 0 Å². The minimum Gasteiger partial charge on any atom is -0.462 e. The van der Waals surface area contributed by atoms with Crippen molar-refractivity contribution >= 4 is 23.5 Å². The number of carbonyl (C=O) groups excluding carboxylic acids is 3. The largest absolute Gasteiger partial charge is 0.462 e. The van der Waals surface area contributed by atoms with Crippen LogP contribution >= 0.6 is 0 Å². The molecule has 1 saturated heterocycles. The summed E-state index contributed by atoms with van der Waals surface area (Å²) in [5, 5.41) is 0. The van der Waals surface area contributed by atoms with Gasteiger partial charge in [-0.25, -0.2) is 4.79 Å². The van der Waals surface area contributed by atoms with Crippen LogP contribution in [0.2, 0.25) is 0 Å². The maximum absolute atomic E-state index is 12.6. The number of carbonyl (C=O) groups is 3. The molecule has 2 rings (SSSR count). The lowest BCUT2D eigenvalue weighted by Crippen LogP contribution is -2.35. The molecule has 0 spiro atoms. The molecule has 0 aromatic heterocycles. The average molecular weight is 346 g/mol. The van der Waals surface area contributed by atoms with E-state index in [1.54, 1.807) is 43.1 Å². The van der Waals surface area contributed by atoms with Crippen molar-refractivity contribution in [2.45, 2.75) is 33.1 Å². The van der Waals surface area contributed by atoms with Crippen molar-refractivity contribution < 1.29 is 19.1 Å². The third-order valence-corrected chi connectivity index (χ3v) is 4.39. The maximum Gasteiger partial charge on any atom is 0.340 e. The molecule has 0 N–H and O–H groups in total. The van der Waals surface area contributed by atoms with Gasteiger partial charge in [0.15, 0.2) is 0 Å². The minimum absolute atomic E-state index is 0.0158. The smallest absolute Gasteiger partial charge is 0.340 e. The van der Waals surface area contributed by atoms with Gasteiger partial charge in [-0.3, -0.25) is 9.59 Å². The van der Waals surface area contributed by atoms with E-state index in [4.69, 9.17) is 4.74 Å². The number of unbranched alkanes of at least 4 members (excludes halogenated alkanes) is 1. The summed E-state index contributed by atoms with van der Waals surface area (Å²) >= 11 is 0. The van der Waals surface area contributed by atoms with Gasteiger partial charge >= 0.3 is 5.97 Å². The van der Waals surface area contributed by atoms with Gasteiger partial charge in [0.2, 0.25) is 11.8 Å². The van der Waals surface area contributed by atoms with E-state index >= 15 is 0 Å². The van der Waals surface area contributed by atoms with E-state index in [0.717, 1.165) is 12.8 Å². The van der Waals surface area contributed by atoms with E-state index in [2.05, 4.69) is 6.92 Å². The van der Waals surface area contributed by atoms with Gasteiger partial charge in [0, 0.05) is 26.6 Å². The summed E-state index contributed by atoms with van der Waals surface area (Å²) in [5.41, 5.74) is 0.864. The minimum atomic E-state index is -0.458. The summed E-state index contributed by atoms with van der Waals surface area (Å²) in [6, 6.07) is 6.87. The molecule has 1 fully saturated rings. The fraction of sp³-hybridized carbons (Fsp3) is 0.526. The van der Waals surface area contributed by atoms with E-state index < -0.39 is 5.97 Å². The van der Waals surface area contributed by atoms with E-state index in [-0.39, 0.29) is 30.8 Å². The van der Waals surface area contributed by atoms with Gasteiger partial charge in [0.1, 0.15) is 0 Å². The van der Waals surface area contributed by atoms with Crippen LogP contribution in [0.15, 0.2) is 24.3 Å². The summed E-state index contributed by atoms with van der Waals surface area (Å²) in [6.07, 6.45) is 2.13. The lowest BCUT2D eigenvalue weighted by atomic mass is 10.1. The average Bonchev–Trinajstić information content (AvgIpc) is 3.00. The zero-order valence-corrected chi connectivity index (χ0v) is 15.2. The Hall–Kier alpha value is -2.37. The number of esters is 1. The molecule has 2 amide bonds. The summed E-state index contributed by atoms with van der Waals surface area (Å²) in [5.74, 6) is -0.984. The maximum atomic E-state index is 12.6. The Bertz CT molecular complexity index is 644. The molecule has 1 atom stereocenters. The summed E-state index contributed by atoms with van der Waals surface area (Å²) in [4.78, 5) is 40.4. The van der Waals surface area contributed by atoms with Crippen LogP contribution in [0.1, 0.15) is 43.5 Å². The number of hydrogen-bond acceptors (Lipinski definition) is 4. The molecule has 136 valence electrons. The van der Waals surface area contributed by atoms with Crippen molar-refractivity contribution in [3.63, 3.8) is 0 Å². The molecule has 6 nitrogen and oxygen atoms in total. The highest BCUT2D eigenvalue weighted by Crippen LogP contribution is 2.29. The number of anilines is 1. The SMILES string of the molecule is CCCCN(C)C(=O)C1CC(=O)N(c2ccccc2C(=O)OCC)C1. The van der Waals surface area contributed by atoms with E-state index in [1.165, 1.54) is 4.90 Å². The van der Waals surface area contributed by atoms with Crippen LogP contribution < -0.4 is 4.90 Å². The highest BCUT2D eigenvalue weighted by molar-refractivity contribution is 6.05. The standard InChI is InChI=1S/C19H26N2O4/c1-4-6-11-20(3)18(23)14-12-17(22)21(13-14)16-10-8-7-9-15(16)19(24)25-5-2/h7-10,14H,4-6,11-13H2,1-3H3. The van der Waals surface area contributed by atoms with Gasteiger partial charge < -0.3 is 14.5 Å². The van der Waals surface area contributed by atoms with Gasteiger partial charge in [-0.2, -0.15) is 0 Å². The van der Waals surface area contributed by atoms with Crippen molar-refractivity contribution in [3.8, 4) is 0 Å². The van der Waals surface area contributed by atoms with Crippen molar-refractivity contribution in [2.24, 2.45) is 5.92 Å². The molecular weight excluding hydrogens is 320 g/mol. The summed E-state index contributed by atoms with van der Waals surface area (Å²) in [6.45, 7) is 5.07. The molecule has 1 unspecified atom stereocenters. The van der Waals surface area contributed by atoms with Crippen molar-refractivity contribution in [3.05, 3.63) is 29.8 Å². The van der Waals surface area contributed by atoms with Crippen LogP contribution in [0.3, 0.4) is 0 Å². The summed E-state index contributed by atoms with van der Waals surface area (Å²) in [7, 11) is 1.78. The van der Waals surface area contributed by atoms with Crippen molar-refractivity contribution in [1.29, 1.82) is 0 Å². The molecule has 0 saturated carbocycles. The van der Waals surface area contributed by atoms with Crippen LogP contribution in [-0.2, 0) is 14.3 Å². The third kappa shape index (κ3) is 4.38. The zero-order valence-electron chi connectivity index (χ0n) is 15.2. The number of ether oxygens (including phenoxy) is 1. The number of amides is 2. The molecule has 1 aromatic rings. The van der Waals surface area contributed by atoms with Crippen LogP contribution in [0, 0.1) is 5.92 Å². The number of hydrogen-bond donors (Lipinski definition) is 0. The van der Waals surface area contributed by atoms with Crippen molar-refractivity contribution in [2.75, 3.05) is 31.6 Å². The molecule has 0 aliphatic carbocycles. The van der Waals surface area contributed by atoms with E-state index in [1.807, 2.05) is 0 Å². The van der Waals surface area contributed by atoms with Crippen LogP contribution in [0.5, 0.6) is 0 Å². The Morgan fingerprint density at radius 1 is 1.28 bits per heavy atom. The highest BCUT2D eigenvalue weighted by Gasteiger charge is 2.37. The Labute approximate surface area is 148 Å². The second kappa shape index (κ2) is 8.65. The number of benzene rings is 1. The molecule has 1 aliphatic heterocycles. The Morgan fingerprint density at radius 3 is 2.68 bits per heavy atom. The Balaban J connectivity index is 2.16. The van der Waals surface area contributed by atoms with Crippen LogP contribution in [0.4, 0.5) is 5.69 Å². The number of nitrogens with zero attached hydrogens (tertiary/aromatic N) is 2. The molecule has 1 aliphatic rings. The van der Waals surface area contributed by atoms with E-state index in [9.17, 15) is 14.4 Å². The van der Waals surface area contributed by atoms with Crippen LogP contribution in [0.25, 0.3) is 0 Å². The number of rotatable bonds is 7. The van der Waals surface area contributed by atoms with Crippen LogP contribution in [-0.4, -0.2) is 49.4 Å². The molecule has 1 heterocycles. The molecular formula is C19H26N2O4.